The summed E-state index contributed by atoms with van der Waals surface area (Å²) in [5.74, 6) is 2.39. The number of rotatable bonds is 9. The number of halogens is 1. The first kappa shape index (κ1) is 21.0. The second-order valence-electron chi connectivity index (χ2n) is 5.73. The highest BCUT2D eigenvalue weighted by molar-refractivity contribution is 7.98. The molecule has 3 aromatic rings. The van der Waals surface area contributed by atoms with Crippen LogP contribution in [-0.4, -0.2) is 41.1 Å². The van der Waals surface area contributed by atoms with Crippen molar-refractivity contribution < 1.29 is 14.2 Å². The van der Waals surface area contributed by atoms with Crippen LogP contribution < -0.4 is 14.2 Å². The van der Waals surface area contributed by atoms with Gasteiger partial charge in [-0.05, 0) is 43.0 Å². The summed E-state index contributed by atoms with van der Waals surface area (Å²) in [6, 6.07) is 13.1. The van der Waals surface area contributed by atoms with Crippen LogP contribution in [0.15, 0.2) is 52.7 Å². The summed E-state index contributed by atoms with van der Waals surface area (Å²) in [6.45, 7) is 2.63. The number of aromatic nitrogens is 3. The lowest BCUT2D eigenvalue weighted by molar-refractivity contribution is 0.290. The van der Waals surface area contributed by atoms with Gasteiger partial charge < -0.3 is 14.2 Å². The number of para-hydroxylation sites is 1. The van der Waals surface area contributed by atoms with Crippen LogP contribution in [0.5, 0.6) is 17.2 Å². The molecule has 0 aliphatic heterocycles. The van der Waals surface area contributed by atoms with Gasteiger partial charge in [0.25, 0.3) is 0 Å². The Morgan fingerprint density at radius 1 is 1.17 bits per heavy atom. The van der Waals surface area contributed by atoms with Crippen LogP contribution in [0.3, 0.4) is 0 Å². The van der Waals surface area contributed by atoms with Gasteiger partial charge in [-0.1, -0.05) is 41.6 Å². The van der Waals surface area contributed by atoms with Crippen LogP contribution in [0, 0.1) is 0 Å². The van der Waals surface area contributed by atoms with Gasteiger partial charge in [0, 0.05) is 0 Å². The molecule has 0 atom stereocenters. The lowest BCUT2D eigenvalue weighted by atomic mass is 10.2. The Kier molecular flexibility index (Phi) is 7.37. The number of thioether (sulfide) groups is 1. The molecule has 7 nitrogen and oxygen atoms in total. The summed E-state index contributed by atoms with van der Waals surface area (Å²) in [7, 11) is 1.55. The van der Waals surface area contributed by atoms with Crippen molar-refractivity contribution in [3.05, 3.63) is 58.9 Å². The van der Waals surface area contributed by atoms with E-state index < -0.39 is 0 Å². The molecule has 152 valence electrons. The number of hydrogen-bond acceptors (Lipinski definition) is 7. The first-order chi connectivity index (χ1) is 14.2. The van der Waals surface area contributed by atoms with E-state index in [2.05, 4.69) is 15.3 Å². The predicted octanol–water partition coefficient (Wildman–Crippen LogP) is 4.52. The molecule has 0 saturated carbocycles. The number of methoxy groups -OCH3 is 1. The number of benzene rings is 2. The Bertz CT molecular complexity index is 979. The molecular formula is C20H21ClN4O3S. The van der Waals surface area contributed by atoms with E-state index in [1.165, 1.54) is 11.8 Å². The number of ether oxygens (including phenoxy) is 3. The van der Waals surface area contributed by atoms with Gasteiger partial charge in [0.2, 0.25) is 5.16 Å². The molecule has 0 fully saturated rings. The maximum atomic E-state index is 6.32. The fraction of sp³-hybridized carbons (Fsp3) is 0.250. The predicted molar refractivity (Wildman–Crippen MR) is 115 cm³/mol. The average molecular weight is 433 g/mol. The number of hydrogen-bond donors (Lipinski definition) is 0. The normalized spacial score (nSPS) is 11.0. The van der Waals surface area contributed by atoms with Crippen molar-refractivity contribution in [1.82, 2.24) is 14.9 Å². The van der Waals surface area contributed by atoms with Crippen LogP contribution >= 0.6 is 23.4 Å². The SMILES string of the molecule is CCOc1cc(/C=N\n2c(COc3ccccc3)nnc2SC)cc(Cl)c1OC. The summed E-state index contributed by atoms with van der Waals surface area (Å²) in [6.07, 6.45) is 3.58. The summed E-state index contributed by atoms with van der Waals surface area (Å²) < 4.78 is 18.4. The zero-order valence-electron chi connectivity index (χ0n) is 16.3. The third-order valence-electron chi connectivity index (χ3n) is 3.83. The van der Waals surface area contributed by atoms with Gasteiger partial charge in [0.05, 0.1) is 25.0 Å². The maximum Gasteiger partial charge on any atom is 0.211 e. The molecule has 0 spiro atoms. The second-order valence-corrected chi connectivity index (χ2v) is 6.91. The smallest absolute Gasteiger partial charge is 0.211 e. The topological polar surface area (TPSA) is 70.8 Å². The fourth-order valence-electron chi connectivity index (χ4n) is 2.54. The summed E-state index contributed by atoms with van der Waals surface area (Å²) in [5, 5.41) is 14.0. The van der Waals surface area contributed by atoms with Crippen molar-refractivity contribution in [2.45, 2.75) is 18.7 Å². The molecule has 0 aliphatic rings. The molecule has 0 radical (unpaired) electrons. The molecule has 29 heavy (non-hydrogen) atoms. The molecule has 2 aromatic carbocycles. The Balaban J connectivity index is 1.85. The zero-order valence-corrected chi connectivity index (χ0v) is 17.9. The minimum absolute atomic E-state index is 0.239. The van der Waals surface area contributed by atoms with Crippen LogP contribution in [-0.2, 0) is 6.61 Å². The van der Waals surface area contributed by atoms with Crippen molar-refractivity contribution in [3.8, 4) is 17.2 Å². The Hall–Kier alpha value is -2.71. The van der Waals surface area contributed by atoms with Crippen LogP contribution in [0.2, 0.25) is 5.02 Å². The molecule has 1 heterocycles. The Morgan fingerprint density at radius 2 is 1.97 bits per heavy atom. The van der Waals surface area contributed by atoms with E-state index in [-0.39, 0.29) is 6.61 Å². The van der Waals surface area contributed by atoms with E-state index in [4.69, 9.17) is 25.8 Å². The summed E-state index contributed by atoms with van der Waals surface area (Å²) in [5.41, 5.74) is 0.759. The average Bonchev–Trinajstić information content (AvgIpc) is 3.13. The molecule has 0 bridgehead atoms. The molecule has 0 N–H and O–H groups in total. The van der Waals surface area contributed by atoms with Crippen LogP contribution in [0.4, 0.5) is 0 Å². The fourth-order valence-corrected chi connectivity index (χ4v) is 3.29. The lowest BCUT2D eigenvalue weighted by Crippen LogP contribution is -2.05. The van der Waals surface area contributed by atoms with Gasteiger partial charge in [0.1, 0.15) is 12.4 Å². The quantitative estimate of drug-likeness (QED) is 0.365. The van der Waals surface area contributed by atoms with Crippen molar-refractivity contribution in [2.75, 3.05) is 20.0 Å². The monoisotopic (exact) mass is 432 g/mol. The zero-order chi connectivity index (χ0) is 20.6. The van der Waals surface area contributed by atoms with Gasteiger partial charge in [-0.3, -0.25) is 0 Å². The highest BCUT2D eigenvalue weighted by Crippen LogP contribution is 2.36. The minimum atomic E-state index is 0.239. The van der Waals surface area contributed by atoms with Gasteiger partial charge in [-0.25, -0.2) is 0 Å². The van der Waals surface area contributed by atoms with Crippen LogP contribution in [0.25, 0.3) is 0 Å². The van der Waals surface area contributed by atoms with E-state index in [1.807, 2.05) is 49.6 Å². The van der Waals surface area contributed by atoms with E-state index in [9.17, 15) is 0 Å². The van der Waals surface area contributed by atoms with Gasteiger partial charge in [-0.15, -0.1) is 10.2 Å². The third-order valence-corrected chi connectivity index (χ3v) is 4.73. The maximum absolute atomic E-state index is 6.32. The van der Waals surface area contributed by atoms with Gasteiger partial charge in [-0.2, -0.15) is 9.78 Å². The molecule has 3 rings (SSSR count). The van der Waals surface area contributed by atoms with Gasteiger partial charge >= 0.3 is 0 Å². The molecular weight excluding hydrogens is 412 g/mol. The van der Waals surface area contributed by atoms with Crippen molar-refractivity contribution in [2.24, 2.45) is 5.10 Å². The summed E-state index contributed by atoms with van der Waals surface area (Å²) in [4.78, 5) is 0. The van der Waals surface area contributed by atoms with E-state index in [0.717, 1.165) is 11.3 Å². The highest BCUT2D eigenvalue weighted by atomic mass is 35.5. The van der Waals surface area contributed by atoms with E-state index in [1.54, 1.807) is 24.1 Å². The Labute approximate surface area is 178 Å². The van der Waals surface area contributed by atoms with Crippen molar-refractivity contribution >= 4 is 29.6 Å². The van der Waals surface area contributed by atoms with Crippen LogP contribution in [0.1, 0.15) is 18.3 Å². The molecule has 9 heteroatoms. The molecule has 0 unspecified atom stereocenters. The summed E-state index contributed by atoms with van der Waals surface area (Å²) >= 11 is 7.76. The molecule has 0 amide bonds. The first-order valence-corrected chi connectivity index (χ1v) is 10.5. The standard InChI is InChI=1S/C20H21ClN4O3S/c1-4-27-17-11-14(10-16(21)19(17)26-2)12-22-25-18(23-24-20(25)29-3)13-28-15-8-6-5-7-9-15/h5-12H,4,13H2,1-3H3/b22-12-. The minimum Gasteiger partial charge on any atom is -0.491 e. The largest absolute Gasteiger partial charge is 0.491 e. The Morgan fingerprint density at radius 3 is 2.66 bits per heavy atom. The number of nitrogens with zero attached hydrogens (tertiary/aromatic N) is 4. The first-order valence-electron chi connectivity index (χ1n) is 8.87. The van der Waals surface area contributed by atoms with Gasteiger partial charge in [0.15, 0.2) is 17.3 Å². The second kappa shape index (κ2) is 10.2. The molecule has 0 aliphatic carbocycles. The van der Waals surface area contributed by atoms with E-state index in [0.29, 0.717) is 34.1 Å². The molecule has 1 aromatic heterocycles. The molecule has 0 saturated heterocycles. The lowest BCUT2D eigenvalue weighted by Gasteiger charge is -2.11. The third kappa shape index (κ3) is 5.21. The van der Waals surface area contributed by atoms with Crippen molar-refractivity contribution in [1.29, 1.82) is 0 Å². The van der Waals surface area contributed by atoms with E-state index >= 15 is 0 Å². The van der Waals surface area contributed by atoms with Crippen molar-refractivity contribution in [3.63, 3.8) is 0 Å². The highest BCUT2D eigenvalue weighted by Gasteiger charge is 2.13.